The number of rotatable bonds is 6. The number of aliphatic hydroxyl groups excluding tert-OH is 1. The summed E-state index contributed by atoms with van der Waals surface area (Å²) in [5.41, 5.74) is 8.56. The average Bonchev–Trinajstić information content (AvgIpc) is 2.81. The van der Waals surface area contributed by atoms with Gasteiger partial charge in [0.2, 0.25) is 0 Å². The van der Waals surface area contributed by atoms with Crippen molar-refractivity contribution in [3.63, 3.8) is 0 Å². The van der Waals surface area contributed by atoms with Crippen LogP contribution in [0.3, 0.4) is 0 Å². The molecule has 1 aromatic heterocycles. The molecule has 2 aromatic rings. The molecule has 3 N–H and O–H groups in total. The van der Waals surface area contributed by atoms with Gasteiger partial charge in [-0.3, -0.25) is 0 Å². The summed E-state index contributed by atoms with van der Waals surface area (Å²) in [5.74, 6) is 1.06. The molecule has 0 saturated heterocycles. The van der Waals surface area contributed by atoms with Gasteiger partial charge in [0, 0.05) is 24.1 Å². The molecular weight excluding hydrogens is 250 g/mol. The van der Waals surface area contributed by atoms with E-state index in [0.29, 0.717) is 0 Å². The molecule has 1 aromatic carbocycles. The van der Waals surface area contributed by atoms with E-state index in [1.807, 2.05) is 18.2 Å². The van der Waals surface area contributed by atoms with Gasteiger partial charge in [-0.25, -0.2) is 4.98 Å². The second kappa shape index (κ2) is 5.83. The number of nitrogens with two attached hydrogens (primary N) is 1. The van der Waals surface area contributed by atoms with E-state index in [-0.39, 0.29) is 12.0 Å². The van der Waals surface area contributed by atoms with Crippen molar-refractivity contribution in [3.8, 4) is 0 Å². The maximum atomic E-state index is 9.80. The summed E-state index contributed by atoms with van der Waals surface area (Å²) in [7, 11) is 0. The molecule has 0 spiro atoms. The molecule has 0 aliphatic carbocycles. The molecule has 2 rings (SSSR count). The van der Waals surface area contributed by atoms with Crippen molar-refractivity contribution in [2.24, 2.45) is 5.41 Å². The number of nitrogens with zero attached hydrogens (tertiary/aromatic N) is 2. The predicted molar refractivity (Wildman–Crippen MR) is 83.6 cm³/mol. The Morgan fingerprint density at radius 2 is 1.95 bits per heavy atom. The normalized spacial score (nSPS) is 12.2. The molecule has 0 aliphatic rings. The molecule has 110 valence electrons. The van der Waals surface area contributed by atoms with Crippen LogP contribution in [0.15, 0.2) is 18.2 Å². The molecule has 4 nitrogen and oxygen atoms in total. The fraction of sp³-hybridized carbons (Fsp3) is 0.562. The van der Waals surface area contributed by atoms with Crippen LogP contribution in [0.1, 0.15) is 39.4 Å². The van der Waals surface area contributed by atoms with Crippen LogP contribution < -0.4 is 5.73 Å². The number of hydrogen-bond acceptors (Lipinski definition) is 3. The van der Waals surface area contributed by atoms with Gasteiger partial charge < -0.3 is 15.4 Å². The van der Waals surface area contributed by atoms with Crippen molar-refractivity contribution in [1.82, 2.24) is 9.55 Å². The van der Waals surface area contributed by atoms with Gasteiger partial charge in [0.1, 0.15) is 5.82 Å². The largest absolute Gasteiger partial charge is 0.399 e. The molecule has 0 aliphatic heterocycles. The van der Waals surface area contributed by atoms with E-state index in [4.69, 9.17) is 5.73 Å². The molecule has 0 fully saturated rings. The third-order valence-corrected chi connectivity index (χ3v) is 4.50. The van der Waals surface area contributed by atoms with Crippen molar-refractivity contribution in [2.45, 2.75) is 46.6 Å². The van der Waals surface area contributed by atoms with Crippen LogP contribution in [-0.2, 0) is 13.0 Å². The van der Waals surface area contributed by atoms with E-state index in [0.717, 1.165) is 48.4 Å². The average molecular weight is 275 g/mol. The summed E-state index contributed by atoms with van der Waals surface area (Å²) in [6.45, 7) is 7.41. The number of hydrogen-bond donors (Lipinski definition) is 2. The first-order valence-electron chi connectivity index (χ1n) is 7.44. The molecular formula is C16H25N3O. The number of aromatic nitrogens is 2. The molecule has 0 saturated carbocycles. The second-order valence-electron chi connectivity index (χ2n) is 5.58. The van der Waals surface area contributed by atoms with E-state index in [9.17, 15) is 5.11 Å². The van der Waals surface area contributed by atoms with E-state index in [1.54, 1.807) is 0 Å². The zero-order chi connectivity index (χ0) is 14.8. The van der Waals surface area contributed by atoms with E-state index < -0.39 is 0 Å². The lowest BCUT2D eigenvalue weighted by molar-refractivity contribution is 0.0962. The maximum absolute atomic E-state index is 9.80. The van der Waals surface area contributed by atoms with E-state index in [2.05, 4.69) is 30.3 Å². The Balaban J connectivity index is 2.52. The molecule has 0 bridgehead atoms. The van der Waals surface area contributed by atoms with Crippen molar-refractivity contribution < 1.29 is 5.11 Å². The fourth-order valence-corrected chi connectivity index (χ4v) is 2.73. The third kappa shape index (κ3) is 2.52. The Kier molecular flexibility index (Phi) is 4.33. The highest BCUT2D eigenvalue weighted by Gasteiger charge is 2.27. The van der Waals surface area contributed by atoms with Crippen LogP contribution in [0.25, 0.3) is 11.0 Å². The highest BCUT2D eigenvalue weighted by atomic mass is 16.3. The number of aliphatic hydroxyl groups is 1. The van der Waals surface area contributed by atoms with Crippen molar-refractivity contribution in [1.29, 1.82) is 0 Å². The lowest BCUT2D eigenvalue weighted by Gasteiger charge is -2.30. The zero-order valence-corrected chi connectivity index (χ0v) is 12.7. The van der Waals surface area contributed by atoms with Gasteiger partial charge in [-0.2, -0.15) is 0 Å². The molecule has 0 unspecified atom stereocenters. The molecule has 20 heavy (non-hydrogen) atoms. The topological polar surface area (TPSA) is 64.1 Å². The SMILES string of the molecule is CCc1nc2cc(N)ccc2n1CC(CC)(CC)CO. The van der Waals surface area contributed by atoms with Crippen LogP contribution in [0.5, 0.6) is 0 Å². The van der Waals surface area contributed by atoms with Gasteiger partial charge in [0.15, 0.2) is 0 Å². The summed E-state index contributed by atoms with van der Waals surface area (Å²) >= 11 is 0. The monoisotopic (exact) mass is 275 g/mol. The third-order valence-electron chi connectivity index (χ3n) is 4.50. The van der Waals surface area contributed by atoms with Crippen molar-refractivity contribution in [2.75, 3.05) is 12.3 Å². The van der Waals surface area contributed by atoms with Crippen LogP contribution in [0.2, 0.25) is 0 Å². The first-order valence-corrected chi connectivity index (χ1v) is 7.44. The first-order chi connectivity index (χ1) is 9.59. The number of aryl methyl sites for hydroxylation is 1. The Morgan fingerprint density at radius 3 is 2.50 bits per heavy atom. The molecule has 1 heterocycles. The maximum Gasteiger partial charge on any atom is 0.109 e. The second-order valence-corrected chi connectivity index (χ2v) is 5.58. The molecule has 0 amide bonds. The number of fused-ring (bicyclic) bond motifs is 1. The standard InChI is InChI=1S/C16H25N3O/c1-4-15-18-13-9-12(17)7-8-14(13)19(15)10-16(5-2,6-3)11-20/h7-9,20H,4-6,10-11,17H2,1-3H3. The van der Waals surface area contributed by atoms with E-state index >= 15 is 0 Å². The fourth-order valence-electron chi connectivity index (χ4n) is 2.73. The minimum Gasteiger partial charge on any atom is -0.399 e. The predicted octanol–water partition coefficient (Wildman–Crippen LogP) is 2.98. The van der Waals surface area contributed by atoms with Crippen LogP contribution in [-0.4, -0.2) is 21.3 Å². The lowest BCUT2D eigenvalue weighted by Crippen LogP contribution is -2.30. The summed E-state index contributed by atoms with van der Waals surface area (Å²) in [4.78, 5) is 4.68. The number of nitrogen functional groups attached to an aromatic ring is 1. The van der Waals surface area contributed by atoms with Gasteiger partial charge in [-0.1, -0.05) is 20.8 Å². The Labute approximate surface area is 120 Å². The molecule has 0 atom stereocenters. The number of imidazole rings is 1. The molecule has 0 radical (unpaired) electrons. The Bertz CT molecular complexity index is 576. The van der Waals surface area contributed by atoms with Crippen molar-refractivity contribution >= 4 is 16.7 Å². The quantitative estimate of drug-likeness (QED) is 0.797. The minimum atomic E-state index is -0.0705. The van der Waals surface area contributed by atoms with Crippen LogP contribution >= 0.6 is 0 Å². The van der Waals surface area contributed by atoms with Crippen LogP contribution in [0.4, 0.5) is 5.69 Å². The smallest absolute Gasteiger partial charge is 0.109 e. The van der Waals surface area contributed by atoms with Gasteiger partial charge >= 0.3 is 0 Å². The summed E-state index contributed by atoms with van der Waals surface area (Å²) < 4.78 is 2.25. The van der Waals surface area contributed by atoms with E-state index in [1.165, 1.54) is 0 Å². The van der Waals surface area contributed by atoms with Gasteiger partial charge in [-0.15, -0.1) is 0 Å². The Hall–Kier alpha value is -1.55. The molecule has 4 heteroatoms. The van der Waals surface area contributed by atoms with Gasteiger partial charge in [0.25, 0.3) is 0 Å². The number of anilines is 1. The van der Waals surface area contributed by atoms with Gasteiger partial charge in [-0.05, 0) is 31.0 Å². The highest BCUT2D eigenvalue weighted by molar-refractivity contribution is 5.79. The van der Waals surface area contributed by atoms with Crippen LogP contribution in [0, 0.1) is 5.41 Å². The highest BCUT2D eigenvalue weighted by Crippen LogP contribution is 2.31. The Morgan fingerprint density at radius 1 is 1.25 bits per heavy atom. The first kappa shape index (κ1) is 14.9. The van der Waals surface area contributed by atoms with Gasteiger partial charge in [0.05, 0.1) is 17.6 Å². The number of benzene rings is 1. The van der Waals surface area contributed by atoms with Crippen molar-refractivity contribution in [3.05, 3.63) is 24.0 Å². The minimum absolute atomic E-state index is 0.0705. The lowest BCUT2D eigenvalue weighted by atomic mass is 9.83. The summed E-state index contributed by atoms with van der Waals surface area (Å²) in [6.07, 6.45) is 2.79. The summed E-state index contributed by atoms with van der Waals surface area (Å²) in [5, 5.41) is 9.80. The zero-order valence-electron chi connectivity index (χ0n) is 12.7. The summed E-state index contributed by atoms with van der Waals surface area (Å²) in [6, 6.07) is 5.87.